The maximum atomic E-state index is 13.6. The van der Waals surface area contributed by atoms with Crippen LogP contribution in [0.2, 0.25) is 0 Å². The standard InChI is InChI=1S/C28H28FN3O4.C28H26FN3O3.C26H24FN3O3.C25H21BrFN3O2/c1-34-22-13-12-20(16-25(22)35-2)31-28(33)24-15-14-23(36-24)27-26(18-8-10-19(29)11-9-18)30-17-32(27)21-6-4-3-5-7-21;1-18(33)19-9-13-22(14-10-19)31-28(34)25-16-15-24(35-25)27-26(20-7-11-21(29)12-8-20)30-17-32(27)23-5-3-2-4-6-23;1-32-21-9-5-4-8-20(21)29-26(31)23-15-14-22(33-23)25-24(17-10-12-18(27)13-11-17)28-16-30(25)19-6-2-3-7-19;26-17-7-11-19(12-8-17)29-25(31)22-14-13-21(32-22)24-23(16-5-9-18(27)10-6-16)28-15-30(24)20-3-1-2-4-20/h8-17,21H,3-7H2,1-2H3,(H,31,33);7-17,23H,2-6H2,1H3,(H,31,34);4-5,8-16,19H,2-3,6-7H2,1H3,(H,29,31);5-15,20H,1-4H2,(H,29,31). The van der Waals surface area contributed by atoms with Crippen molar-refractivity contribution in [2.75, 3.05) is 42.6 Å². The summed E-state index contributed by atoms with van der Waals surface area (Å²) in [5.41, 5.74) is 12.1. The van der Waals surface area contributed by atoms with E-state index in [9.17, 15) is 41.5 Å². The quantitative estimate of drug-likeness (QED) is 0.0323. The fraction of sp³-hybridized carbons (Fsp3) is 0.243. The van der Waals surface area contributed by atoms with Gasteiger partial charge in [0.05, 0.1) is 75.1 Å². The number of Topliss-reactive ketones (excluding diaryl/α,β-unsaturated/α-hetero) is 1. The Balaban J connectivity index is 0.000000126. The molecule has 0 aliphatic heterocycles. The lowest BCUT2D eigenvalue weighted by Gasteiger charge is -2.24. The van der Waals surface area contributed by atoms with Crippen LogP contribution in [0.3, 0.4) is 0 Å². The highest BCUT2D eigenvalue weighted by atomic mass is 79.9. The molecular weight excluding hydrogens is 1800 g/mol. The van der Waals surface area contributed by atoms with Gasteiger partial charge >= 0.3 is 0 Å². The number of anilines is 4. The molecule has 0 radical (unpaired) electrons. The Morgan fingerprint density at radius 3 is 0.926 bits per heavy atom. The molecular formula is C107H99BrF4N12O12. The Morgan fingerprint density at radius 1 is 0.324 bits per heavy atom. The SMILES string of the molecule is CC(=O)c1ccc(NC(=O)c2ccc(-c3c(-c4ccc(F)cc4)ncn3C3CCCCC3)o2)cc1.COc1ccc(NC(=O)c2ccc(-c3c(-c4ccc(F)cc4)ncn3C3CCCCC3)o2)cc1OC.COc1ccccc1NC(=O)c1ccc(-c2c(-c3ccc(F)cc3)ncn2C2CCCC2)o1.O=C(Nc1ccc(Br)cc1)c1ccc(-c2c(-c3ccc(F)cc3)ncn2C2CCCC2)o1. The molecule has 694 valence electrons. The smallest absolute Gasteiger partial charge is 0.291 e. The lowest BCUT2D eigenvalue weighted by atomic mass is 9.95. The molecule has 0 saturated heterocycles. The number of benzene rings is 8. The molecule has 4 aliphatic carbocycles. The molecule has 0 unspecified atom stereocenters. The minimum absolute atomic E-state index is 0.0370. The van der Waals surface area contributed by atoms with Crippen LogP contribution in [-0.4, -0.2) is 88.9 Å². The number of amides is 4. The number of hydrogen-bond donors (Lipinski definition) is 4. The molecule has 0 bridgehead atoms. The molecule has 20 rings (SSSR count). The number of furan rings is 4. The highest BCUT2D eigenvalue weighted by Crippen LogP contribution is 2.46. The molecule has 0 spiro atoms. The van der Waals surface area contributed by atoms with Gasteiger partial charge in [-0.1, -0.05) is 92.3 Å². The van der Waals surface area contributed by atoms with Crippen LogP contribution in [0, 0.1) is 23.3 Å². The third kappa shape index (κ3) is 21.5. The van der Waals surface area contributed by atoms with Crippen molar-refractivity contribution in [1.29, 1.82) is 0 Å². The van der Waals surface area contributed by atoms with Gasteiger partial charge in [-0.15, -0.1) is 0 Å². The average Bonchev–Trinajstić information content (AvgIpc) is 1.63. The van der Waals surface area contributed by atoms with Crippen LogP contribution in [0.4, 0.5) is 40.3 Å². The number of carbonyl (C=O) groups is 5. The number of carbonyl (C=O) groups excluding carboxylic acids is 5. The second-order valence-corrected chi connectivity index (χ2v) is 34.7. The molecule has 8 heterocycles. The van der Waals surface area contributed by atoms with Crippen molar-refractivity contribution in [3.63, 3.8) is 0 Å². The van der Waals surface area contributed by atoms with E-state index in [-0.39, 0.29) is 75.7 Å². The fourth-order valence-corrected chi connectivity index (χ4v) is 18.2. The summed E-state index contributed by atoms with van der Waals surface area (Å²) < 4.78 is 104. The first kappa shape index (κ1) is 92.7. The second kappa shape index (κ2) is 42.8. The monoisotopic (exact) mass is 1900 g/mol. The summed E-state index contributed by atoms with van der Waals surface area (Å²) in [6.07, 6.45) is 27.5. The molecule has 24 nitrogen and oxygen atoms in total. The predicted molar refractivity (Wildman–Crippen MR) is 515 cm³/mol. The molecule has 29 heteroatoms. The Bertz CT molecular complexity index is 6850. The van der Waals surface area contributed by atoms with E-state index in [1.54, 1.807) is 166 Å². The zero-order valence-electron chi connectivity index (χ0n) is 75.2. The lowest BCUT2D eigenvalue weighted by Crippen LogP contribution is -2.13. The normalized spacial score (nSPS) is 14.0. The number of halogens is 5. The van der Waals surface area contributed by atoms with E-state index in [1.165, 1.54) is 101 Å². The molecule has 0 atom stereocenters. The molecule has 4 fully saturated rings. The Morgan fingerprint density at radius 2 is 0.610 bits per heavy atom. The largest absolute Gasteiger partial charge is 0.495 e. The van der Waals surface area contributed by atoms with Crippen LogP contribution >= 0.6 is 15.9 Å². The molecule has 4 aliphatic rings. The average molecular weight is 1900 g/mol. The lowest BCUT2D eigenvalue weighted by molar-refractivity contribution is 0.0990. The number of nitrogens with one attached hydrogen (secondary N) is 4. The third-order valence-corrected chi connectivity index (χ3v) is 25.4. The van der Waals surface area contributed by atoms with Crippen LogP contribution in [0.1, 0.15) is 199 Å². The topological polar surface area (TPSA) is 285 Å². The highest BCUT2D eigenvalue weighted by molar-refractivity contribution is 9.10. The first-order chi connectivity index (χ1) is 66.3. The Labute approximate surface area is 790 Å². The van der Waals surface area contributed by atoms with E-state index >= 15 is 0 Å². The van der Waals surface area contributed by atoms with E-state index in [1.807, 2.05) is 61.7 Å². The van der Waals surface area contributed by atoms with E-state index in [4.69, 9.17) is 31.9 Å². The minimum Gasteiger partial charge on any atom is -0.495 e. The summed E-state index contributed by atoms with van der Waals surface area (Å²) in [5.74, 6) is 1.82. The van der Waals surface area contributed by atoms with Gasteiger partial charge in [0.2, 0.25) is 0 Å². The van der Waals surface area contributed by atoms with E-state index < -0.39 is 0 Å². The highest BCUT2D eigenvalue weighted by Gasteiger charge is 2.32. The van der Waals surface area contributed by atoms with Gasteiger partial charge in [-0.2, -0.15) is 0 Å². The molecule has 8 aromatic carbocycles. The zero-order chi connectivity index (χ0) is 94.3. The van der Waals surface area contributed by atoms with Crippen molar-refractivity contribution in [1.82, 2.24) is 38.2 Å². The Hall–Kier alpha value is -15.1. The van der Waals surface area contributed by atoms with Gasteiger partial charge in [-0.3, -0.25) is 24.0 Å². The summed E-state index contributed by atoms with van der Waals surface area (Å²) in [6, 6.07) is 66.4. The summed E-state index contributed by atoms with van der Waals surface area (Å²) in [4.78, 5) is 81.6. The van der Waals surface area contributed by atoms with Crippen molar-refractivity contribution in [3.8, 4) is 108 Å². The molecule has 4 N–H and O–H groups in total. The van der Waals surface area contributed by atoms with Crippen LogP contribution < -0.4 is 35.5 Å². The molecule has 136 heavy (non-hydrogen) atoms. The number of imidazole rings is 4. The first-order valence-electron chi connectivity index (χ1n) is 45.5. The van der Waals surface area contributed by atoms with Gasteiger partial charge in [-0.05, 0) is 277 Å². The molecule has 4 amide bonds. The Kier molecular flexibility index (Phi) is 29.2. The van der Waals surface area contributed by atoms with Crippen molar-refractivity contribution in [2.24, 2.45) is 0 Å². The summed E-state index contributed by atoms with van der Waals surface area (Å²) >= 11 is 3.39. The molecule has 8 aromatic heterocycles. The fourth-order valence-electron chi connectivity index (χ4n) is 18.0. The van der Waals surface area contributed by atoms with Gasteiger partial charge in [-0.25, -0.2) is 37.5 Å². The van der Waals surface area contributed by atoms with Gasteiger partial charge in [0.1, 0.15) is 51.8 Å². The maximum absolute atomic E-state index is 13.6. The second-order valence-electron chi connectivity index (χ2n) is 33.8. The van der Waals surface area contributed by atoms with Crippen LogP contribution in [0.5, 0.6) is 17.2 Å². The van der Waals surface area contributed by atoms with E-state index in [0.29, 0.717) is 116 Å². The van der Waals surface area contributed by atoms with Crippen LogP contribution in [-0.2, 0) is 0 Å². The third-order valence-electron chi connectivity index (χ3n) is 24.9. The molecule has 16 aromatic rings. The van der Waals surface area contributed by atoms with Gasteiger partial charge < -0.3 is 71.4 Å². The van der Waals surface area contributed by atoms with E-state index in [0.717, 1.165) is 127 Å². The summed E-state index contributed by atoms with van der Waals surface area (Å²) in [7, 11) is 4.65. The first-order valence-corrected chi connectivity index (χ1v) is 46.3. The van der Waals surface area contributed by atoms with E-state index in [2.05, 4.69) is 75.4 Å². The van der Waals surface area contributed by atoms with Crippen LogP contribution in [0.25, 0.3) is 90.8 Å². The number of methoxy groups -OCH3 is 3. The van der Waals surface area contributed by atoms with Crippen molar-refractivity contribution >= 4 is 68.1 Å². The van der Waals surface area contributed by atoms with Crippen molar-refractivity contribution < 1.29 is 73.4 Å². The number of para-hydroxylation sites is 2. The minimum atomic E-state index is -0.390. The number of rotatable bonds is 24. The number of nitrogens with zero attached hydrogens (tertiary/aromatic N) is 8. The van der Waals surface area contributed by atoms with Gasteiger partial charge in [0, 0.05) is 79.6 Å². The van der Waals surface area contributed by atoms with Gasteiger partial charge in [0.15, 0.2) is 63.4 Å². The molecule has 4 saturated carbocycles. The number of hydrogen-bond acceptors (Lipinski definition) is 16. The van der Waals surface area contributed by atoms with Crippen molar-refractivity contribution in [3.05, 3.63) is 318 Å². The van der Waals surface area contributed by atoms with Gasteiger partial charge in [0.25, 0.3) is 23.6 Å². The maximum Gasteiger partial charge on any atom is 0.291 e. The number of ether oxygens (including phenoxy) is 3. The van der Waals surface area contributed by atoms with Crippen LogP contribution in [0.15, 0.2) is 284 Å². The van der Waals surface area contributed by atoms with Crippen molar-refractivity contribution in [2.45, 2.75) is 147 Å². The summed E-state index contributed by atoms with van der Waals surface area (Å²) in [5, 5.41) is 11.3. The number of aromatic nitrogens is 8. The summed E-state index contributed by atoms with van der Waals surface area (Å²) in [6.45, 7) is 1.50. The number of ketones is 1. The zero-order valence-corrected chi connectivity index (χ0v) is 76.8. The predicted octanol–water partition coefficient (Wildman–Crippen LogP) is 27.0.